The summed E-state index contributed by atoms with van der Waals surface area (Å²) in [6, 6.07) is 0.00689. The summed E-state index contributed by atoms with van der Waals surface area (Å²) in [4.78, 5) is 26.3. The fourth-order valence-corrected chi connectivity index (χ4v) is 3.62. The Labute approximate surface area is 122 Å². The van der Waals surface area contributed by atoms with Crippen molar-refractivity contribution in [2.45, 2.75) is 71.4 Å². The Morgan fingerprint density at radius 2 is 2.05 bits per heavy atom. The molecule has 2 rings (SSSR count). The molecular formula is C16H28N2O2. The van der Waals surface area contributed by atoms with Gasteiger partial charge in [-0.15, -0.1) is 0 Å². The van der Waals surface area contributed by atoms with Gasteiger partial charge in [-0.25, -0.2) is 0 Å². The maximum Gasteiger partial charge on any atom is 0.243 e. The van der Waals surface area contributed by atoms with E-state index in [0.717, 1.165) is 25.8 Å². The Hall–Kier alpha value is -1.06. The highest BCUT2D eigenvalue weighted by Crippen LogP contribution is 2.25. The van der Waals surface area contributed by atoms with Crippen LogP contribution in [0.1, 0.15) is 59.3 Å². The van der Waals surface area contributed by atoms with E-state index in [1.807, 2.05) is 13.8 Å². The zero-order valence-corrected chi connectivity index (χ0v) is 13.0. The number of hydrogen-bond acceptors (Lipinski definition) is 2. The van der Waals surface area contributed by atoms with Crippen molar-refractivity contribution in [3.63, 3.8) is 0 Å². The zero-order chi connectivity index (χ0) is 14.7. The average Bonchev–Trinajstić information content (AvgIpc) is 2.75. The van der Waals surface area contributed by atoms with Crippen molar-refractivity contribution in [1.82, 2.24) is 10.2 Å². The maximum absolute atomic E-state index is 12.6. The summed E-state index contributed by atoms with van der Waals surface area (Å²) in [5.74, 6) is 1.04. The van der Waals surface area contributed by atoms with Crippen molar-refractivity contribution in [3.8, 4) is 0 Å². The smallest absolute Gasteiger partial charge is 0.243 e. The van der Waals surface area contributed by atoms with E-state index in [2.05, 4.69) is 12.2 Å². The van der Waals surface area contributed by atoms with E-state index in [9.17, 15) is 9.59 Å². The molecule has 1 aliphatic heterocycles. The Bertz CT molecular complexity index is 367. The fourth-order valence-electron chi connectivity index (χ4n) is 3.62. The van der Waals surface area contributed by atoms with E-state index in [1.54, 1.807) is 4.90 Å². The third kappa shape index (κ3) is 3.53. The van der Waals surface area contributed by atoms with Crippen LogP contribution >= 0.6 is 0 Å². The van der Waals surface area contributed by atoms with Crippen LogP contribution < -0.4 is 5.32 Å². The van der Waals surface area contributed by atoms with Gasteiger partial charge in [0, 0.05) is 19.0 Å². The quantitative estimate of drug-likeness (QED) is 0.859. The minimum absolute atomic E-state index is 0.0503. The van der Waals surface area contributed by atoms with Gasteiger partial charge in [0.25, 0.3) is 0 Å². The lowest BCUT2D eigenvalue weighted by Gasteiger charge is -2.33. The van der Waals surface area contributed by atoms with Crippen molar-refractivity contribution in [1.29, 1.82) is 0 Å². The lowest BCUT2D eigenvalue weighted by molar-refractivity contribution is -0.139. The van der Waals surface area contributed by atoms with E-state index in [-0.39, 0.29) is 23.8 Å². The molecule has 0 spiro atoms. The Morgan fingerprint density at radius 3 is 2.60 bits per heavy atom. The first kappa shape index (κ1) is 15.3. The fraction of sp³-hybridized carbons (Fsp3) is 0.875. The maximum atomic E-state index is 12.6. The van der Waals surface area contributed by atoms with Gasteiger partial charge >= 0.3 is 0 Å². The van der Waals surface area contributed by atoms with Crippen molar-refractivity contribution in [2.24, 2.45) is 11.8 Å². The molecule has 1 saturated heterocycles. The molecule has 0 aromatic rings. The molecule has 0 aromatic heterocycles. The molecule has 1 heterocycles. The van der Waals surface area contributed by atoms with Gasteiger partial charge in [0.05, 0.1) is 0 Å². The summed E-state index contributed by atoms with van der Waals surface area (Å²) in [5.41, 5.74) is 0. The topological polar surface area (TPSA) is 49.4 Å². The highest BCUT2D eigenvalue weighted by Gasteiger charge is 2.35. The molecule has 1 aliphatic carbocycles. The monoisotopic (exact) mass is 280 g/mol. The van der Waals surface area contributed by atoms with Gasteiger partial charge in [-0.3, -0.25) is 9.59 Å². The number of amides is 2. The lowest BCUT2D eigenvalue weighted by Crippen LogP contribution is -2.53. The second-order valence-electron chi connectivity index (χ2n) is 6.86. The van der Waals surface area contributed by atoms with E-state index in [0.29, 0.717) is 18.4 Å². The van der Waals surface area contributed by atoms with E-state index in [4.69, 9.17) is 0 Å². The minimum Gasteiger partial charge on any atom is -0.352 e. The number of carbonyl (C=O) groups is 2. The number of nitrogens with one attached hydrogen (secondary N) is 1. The zero-order valence-electron chi connectivity index (χ0n) is 13.0. The Kier molecular flexibility index (Phi) is 5.06. The Balaban J connectivity index is 1.98. The predicted octanol–water partition coefficient (Wildman–Crippen LogP) is 2.33. The highest BCUT2D eigenvalue weighted by molar-refractivity contribution is 5.88. The highest BCUT2D eigenvalue weighted by atomic mass is 16.2. The van der Waals surface area contributed by atoms with Crippen LogP contribution in [0.5, 0.6) is 0 Å². The standard InChI is InChI=1S/C16H28N2O2/c1-11(2)15(18-9-5-8-14(18)19)16(20)17-13-7-4-6-12(3)10-13/h11-13,15H,4-10H2,1-3H3,(H,17,20)/t12-,13-,15-/m1/s1. The molecule has 1 N–H and O–H groups in total. The number of nitrogens with zero attached hydrogens (tertiary/aromatic N) is 1. The molecule has 4 heteroatoms. The minimum atomic E-state index is -0.290. The van der Waals surface area contributed by atoms with Crippen molar-refractivity contribution in [3.05, 3.63) is 0 Å². The summed E-state index contributed by atoms with van der Waals surface area (Å²) >= 11 is 0. The second kappa shape index (κ2) is 6.59. The third-order valence-electron chi connectivity index (χ3n) is 4.63. The van der Waals surface area contributed by atoms with Gasteiger partial charge in [-0.05, 0) is 31.1 Å². The molecule has 2 aliphatic rings. The van der Waals surface area contributed by atoms with Gasteiger partial charge in [0.2, 0.25) is 11.8 Å². The number of rotatable bonds is 4. The molecule has 3 atom stereocenters. The van der Waals surface area contributed by atoms with Gasteiger partial charge in [-0.2, -0.15) is 0 Å². The third-order valence-corrected chi connectivity index (χ3v) is 4.63. The summed E-state index contributed by atoms with van der Waals surface area (Å²) in [6.45, 7) is 7.04. The van der Waals surface area contributed by atoms with Crippen LogP contribution in [0, 0.1) is 11.8 Å². The van der Waals surface area contributed by atoms with Gasteiger partial charge in [0.1, 0.15) is 6.04 Å². The molecule has 0 bridgehead atoms. The Morgan fingerprint density at radius 1 is 1.30 bits per heavy atom. The van der Waals surface area contributed by atoms with Crippen LogP contribution in [0.25, 0.3) is 0 Å². The van der Waals surface area contributed by atoms with Gasteiger partial charge in [-0.1, -0.05) is 33.6 Å². The molecule has 0 radical (unpaired) electrons. The van der Waals surface area contributed by atoms with Crippen LogP contribution in [-0.2, 0) is 9.59 Å². The van der Waals surface area contributed by atoms with Crippen LogP contribution in [0.3, 0.4) is 0 Å². The molecule has 0 aromatic carbocycles. The van der Waals surface area contributed by atoms with E-state index < -0.39 is 0 Å². The number of hydrogen-bond donors (Lipinski definition) is 1. The van der Waals surface area contributed by atoms with Crippen LogP contribution in [-0.4, -0.2) is 35.3 Å². The van der Waals surface area contributed by atoms with Crippen molar-refractivity contribution >= 4 is 11.8 Å². The molecule has 2 amide bonds. The first-order valence-electron chi connectivity index (χ1n) is 8.09. The molecule has 20 heavy (non-hydrogen) atoms. The number of carbonyl (C=O) groups excluding carboxylic acids is 2. The normalized spacial score (nSPS) is 28.8. The summed E-state index contributed by atoms with van der Waals surface area (Å²) in [6.07, 6.45) is 6.10. The van der Waals surface area contributed by atoms with Crippen LogP contribution in [0.2, 0.25) is 0 Å². The average molecular weight is 280 g/mol. The van der Waals surface area contributed by atoms with Crippen molar-refractivity contribution < 1.29 is 9.59 Å². The van der Waals surface area contributed by atoms with E-state index >= 15 is 0 Å². The molecule has 4 nitrogen and oxygen atoms in total. The summed E-state index contributed by atoms with van der Waals surface area (Å²) in [5, 5.41) is 3.20. The molecule has 2 fully saturated rings. The van der Waals surface area contributed by atoms with Gasteiger partial charge < -0.3 is 10.2 Å². The summed E-state index contributed by atoms with van der Waals surface area (Å²) in [7, 11) is 0. The first-order valence-corrected chi connectivity index (χ1v) is 8.09. The largest absolute Gasteiger partial charge is 0.352 e. The predicted molar refractivity (Wildman–Crippen MR) is 79.1 cm³/mol. The second-order valence-corrected chi connectivity index (χ2v) is 6.86. The SMILES string of the molecule is CC(C)[C@H](C(=O)N[C@@H]1CCC[C@@H](C)C1)N1CCCC1=O. The lowest BCUT2D eigenvalue weighted by atomic mass is 9.86. The van der Waals surface area contributed by atoms with Crippen LogP contribution in [0.15, 0.2) is 0 Å². The van der Waals surface area contributed by atoms with E-state index in [1.165, 1.54) is 12.8 Å². The van der Waals surface area contributed by atoms with Gasteiger partial charge in [0.15, 0.2) is 0 Å². The molecule has 1 saturated carbocycles. The molecule has 0 unspecified atom stereocenters. The molecule has 114 valence electrons. The van der Waals surface area contributed by atoms with Crippen LogP contribution in [0.4, 0.5) is 0 Å². The number of likely N-dealkylation sites (tertiary alicyclic amines) is 1. The first-order chi connectivity index (χ1) is 9.49. The summed E-state index contributed by atoms with van der Waals surface area (Å²) < 4.78 is 0. The molecular weight excluding hydrogens is 252 g/mol. The van der Waals surface area contributed by atoms with Crippen molar-refractivity contribution in [2.75, 3.05) is 6.54 Å².